The zero-order valence-corrected chi connectivity index (χ0v) is 28.5. The molecule has 15 nitrogen and oxygen atoms in total. The number of rotatable bonds is 15. The summed E-state index contributed by atoms with van der Waals surface area (Å²) in [6.45, 7) is 6.57. The van der Waals surface area contributed by atoms with Crippen molar-refractivity contribution in [2.45, 2.75) is 45.8 Å². The summed E-state index contributed by atoms with van der Waals surface area (Å²) in [5, 5.41) is 16.5. The van der Waals surface area contributed by atoms with Gasteiger partial charge in [-0.3, -0.25) is 23.7 Å². The molecule has 0 aliphatic carbocycles. The fourth-order valence-corrected chi connectivity index (χ4v) is 6.97. The summed E-state index contributed by atoms with van der Waals surface area (Å²) in [6.07, 6.45) is 2.64. The highest BCUT2D eigenvalue weighted by molar-refractivity contribution is 7.67. The number of H-pyrrole nitrogens is 1. The Hall–Kier alpha value is -5.24. The standard InChI is InChI=1S/C33H38N7O8P/c1-6-47-32(43)20(3)39-49(45,40-21(4)33(44)48-7-2)25-16-12-23(13-17-25)28(22-10-14-24(46-5)15-11-22)36-30(41)26-19-34-29(37-31(26)42)27-9-8-18-35-38-27/h8-21,28H,6-7H2,1-5H3,(H,36,41)(H,34,37,42)(H2,39,40,45)/t20-,21-,28?/m0/s1. The number of hydrogen-bond acceptors (Lipinski definition) is 11. The van der Waals surface area contributed by atoms with Gasteiger partial charge in [0.15, 0.2) is 5.82 Å². The molecule has 0 spiro atoms. The van der Waals surface area contributed by atoms with Crippen LogP contribution < -0.4 is 31.1 Å². The van der Waals surface area contributed by atoms with Gasteiger partial charge in [0.1, 0.15) is 29.1 Å². The molecule has 0 fully saturated rings. The van der Waals surface area contributed by atoms with Crippen LogP contribution in [0.3, 0.4) is 0 Å². The quantitative estimate of drug-likeness (QED) is 0.105. The summed E-state index contributed by atoms with van der Waals surface area (Å²) < 4.78 is 29.9. The number of aromatic nitrogens is 4. The molecule has 4 N–H and O–H groups in total. The zero-order chi connectivity index (χ0) is 35.6. The monoisotopic (exact) mass is 691 g/mol. The Bertz CT molecular complexity index is 1820. The Morgan fingerprint density at radius 1 is 0.878 bits per heavy atom. The third-order valence-corrected chi connectivity index (χ3v) is 9.73. The van der Waals surface area contributed by atoms with Crippen molar-refractivity contribution in [2.24, 2.45) is 0 Å². The van der Waals surface area contributed by atoms with Crippen LogP contribution in [-0.4, -0.2) is 70.4 Å². The Kier molecular flexibility index (Phi) is 12.5. The zero-order valence-electron chi connectivity index (χ0n) is 27.6. The first-order valence-electron chi connectivity index (χ1n) is 15.4. The Morgan fingerprint density at radius 2 is 1.45 bits per heavy atom. The lowest BCUT2D eigenvalue weighted by molar-refractivity contribution is -0.145. The van der Waals surface area contributed by atoms with Gasteiger partial charge in [-0.2, -0.15) is 5.10 Å². The lowest BCUT2D eigenvalue weighted by Gasteiger charge is -2.27. The smallest absolute Gasteiger partial charge is 0.323 e. The fourth-order valence-electron chi connectivity index (χ4n) is 4.73. The van der Waals surface area contributed by atoms with Gasteiger partial charge in [0, 0.05) is 17.7 Å². The van der Waals surface area contributed by atoms with Gasteiger partial charge in [-0.05, 0) is 75.2 Å². The molecular weight excluding hydrogens is 653 g/mol. The number of methoxy groups -OCH3 is 1. The molecule has 4 rings (SSSR count). The predicted molar refractivity (Wildman–Crippen MR) is 180 cm³/mol. The molecule has 0 saturated carbocycles. The minimum atomic E-state index is -3.85. The van der Waals surface area contributed by atoms with Crippen molar-refractivity contribution in [3.8, 4) is 17.3 Å². The number of benzene rings is 2. The third kappa shape index (κ3) is 9.22. The first-order valence-corrected chi connectivity index (χ1v) is 17.1. The van der Waals surface area contributed by atoms with Gasteiger partial charge >= 0.3 is 11.9 Å². The number of carbonyl (C=O) groups excluding carboxylic acids is 3. The maximum absolute atomic E-state index is 14.4. The van der Waals surface area contributed by atoms with Crippen molar-refractivity contribution in [2.75, 3.05) is 20.3 Å². The van der Waals surface area contributed by atoms with E-state index in [0.29, 0.717) is 22.6 Å². The van der Waals surface area contributed by atoms with Gasteiger partial charge in [0.2, 0.25) is 7.44 Å². The molecule has 258 valence electrons. The van der Waals surface area contributed by atoms with Crippen LogP contribution >= 0.6 is 7.44 Å². The van der Waals surface area contributed by atoms with Gasteiger partial charge < -0.3 is 24.5 Å². The number of aromatic amines is 1. The second-order valence-corrected chi connectivity index (χ2v) is 12.9. The van der Waals surface area contributed by atoms with Gasteiger partial charge in [-0.15, -0.1) is 5.10 Å². The molecule has 0 bridgehead atoms. The summed E-state index contributed by atoms with van der Waals surface area (Å²) in [6, 6.07) is 13.8. The molecule has 0 radical (unpaired) electrons. The minimum Gasteiger partial charge on any atom is -0.497 e. The first kappa shape index (κ1) is 36.6. The number of nitrogens with zero attached hydrogens (tertiary/aromatic N) is 3. The number of carbonyl (C=O) groups is 3. The van der Waals surface area contributed by atoms with Crippen LogP contribution in [0.15, 0.2) is 77.9 Å². The molecule has 1 amide bonds. The van der Waals surface area contributed by atoms with E-state index in [1.54, 1.807) is 74.5 Å². The molecule has 2 aromatic carbocycles. The normalized spacial score (nSPS) is 13.1. The lowest BCUT2D eigenvalue weighted by Crippen LogP contribution is -2.44. The Morgan fingerprint density at radius 3 is 1.94 bits per heavy atom. The second-order valence-electron chi connectivity index (χ2n) is 10.7. The molecule has 3 atom stereocenters. The van der Waals surface area contributed by atoms with Crippen LogP contribution in [0.2, 0.25) is 0 Å². The van der Waals surface area contributed by atoms with E-state index in [4.69, 9.17) is 14.2 Å². The van der Waals surface area contributed by atoms with Crippen LogP contribution in [0.1, 0.15) is 55.2 Å². The fraction of sp³-hybridized carbons (Fsp3) is 0.303. The maximum atomic E-state index is 14.4. The van der Waals surface area contributed by atoms with Gasteiger partial charge in [-0.1, -0.05) is 24.3 Å². The Balaban J connectivity index is 1.68. The van der Waals surface area contributed by atoms with Gasteiger partial charge in [0.05, 0.1) is 26.4 Å². The first-order chi connectivity index (χ1) is 23.5. The van der Waals surface area contributed by atoms with Crippen LogP contribution in [0, 0.1) is 0 Å². The van der Waals surface area contributed by atoms with Gasteiger partial charge in [0.25, 0.3) is 11.5 Å². The molecule has 4 aromatic rings. The van der Waals surface area contributed by atoms with Crippen molar-refractivity contribution < 1.29 is 33.2 Å². The topological polar surface area (TPSA) is 204 Å². The van der Waals surface area contributed by atoms with E-state index in [1.807, 2.05) is 0 Å². The van der Waals surface area contributed by atoms with Crippen molar-refractivity contribution in [3.05, 3.63) is 100 Å². The summed E-state index contributed by atoms with van der Waals surface area (Å²) in [4.78, 5) is 58.1. The van der Waals surface area contributed by atoms with Crippen molar-refractivity contribution in [3.63, 3.8) is 0 Å². The van der Waals surface area contributed by atoms with Crippen molar-refractivity contribution in [1.29, 1.82) is 0 Å². The lowest BCUT2D eigenvalue weighted by atomic mass is 9.98. The minimum absolute atomic E-state index is 0.128. The summed E-state index contributed by atoms with van der Waals surface area (Å²) >= 11 is 0. The number of amides is 1. The van der Waals surface area contributed by atoms with Crippen molar-refractivity contribution in [1.82, 2.24) is 35.7 Å². The average molecular weight is 692 g/mol. The van der Waals surface area contributed by atoms with Crippen molar-refractivity contribution >= 4 is 30.6 Å². The SMILES string of the molecule is CCOC(=O)[C@H](C)NP(=O)(N[C@@H](C)C(=O)OCC)c1ccc(C(NC(=O)c2cnc(-c3cccnn3)[nH]c2=O)c2ccc(OC)cc2)cc1. The maximum Gasteiger partial charge on any atom is 0.323 e. The summed E-state index contributed by atoms with van der Waals surface area (Å²) in [7, 11) is -2.32. The van der Waals surface area contributed by atoms with E-state index >= 15 is 0 Å². The number of nitrogens with one attached hydrogen (secondary N) is 4. The highest BCUT2D eigenvalue weighted by Crippen LogP contribution is 2.37. The summed E-state index contributed by atoms with van der Waals surface area (Å²) in [5.41, 5.74) is 0.625. The van der Waals surface area contributed by atoms with E-state index in [9.17, 15) is 23.7 Å². The second kappa shape index (κ2) is 16.7. The van der Waals surface area contributed by atoms with Crippen LogP contribution in [0.4, 0.5) is 0 Å². The molecule has 0 aliphatic heterocycles. The highest BCUT2D eigenvalue weighted by Gasteiger charge is 2.34. The third-order valence-electron chi connectivity index (χ3n) is 7.20. The van der Waals surface area contributed by atoms with E-state index in [1.165, 1.54) is 27.2 Å². The molecule has 1 unspecified atom stereocenters. The molecule has 2 heterocycles. The predicted octanol–water partition coefficient (Wildman–Crippen LogP) is 2.66. The van der Waals surface area contributed by atoms with Gasteiger partial charge in [-0.25, -0.2) is 15.2 Å². The number of ether oxygens (including phenoxy) is 3. The average Bonchev–Trinajstić information content (AvgIpc) is 3.11. The largest absolute Gasteiger partial charge is 0.497 e. The van der Waals surface area contributed by atoms with E-state index in [2.05, 4.69) is 35.7 Å². The Labute approximate surface area is 282 Å². The number of esters is 2. The van der Waals surface area contributed by atoms with E-state index < -0.39 is 49.0 Å². The van der Waals surface area contributed by atoms with E-state index in [-0.39, 0.29) is 29.9 Å². The van der Waals surface area contributed by atoms with Crippen LogP contribution in [0.5, 0.6) is 5.75 Å². The highest BCUT2D eigenvalue weighted by atomic mass is 31.2. The summed E-state index contributed by atoms with van der Waals surface area (Å²) in [5.74, 6) is -1.21. The number of hydrogen-bond donors (Lipinski definition) is 4. The molecule has 0 saturated heterocycles. The molecule has 16 heteroatoms. The molecule has 0 aliphatic rings. The molecular formula is C33H38N7O8P. The molecule has 49 heavy (non-hydrogen) atoms. The van der Waals surface area contributed by atoms with Crippen LogP contribution in [0.25, 0.3) is 11.5 Å². The van der Waals surface area contributed by atoms with Crippen LogP contribution in [-0.2, 0) is 23.6 Å². The molecule has 2 aromatic heterocycles. The van der Waals surface area contributed by atoms with E-state index in [0.717, 1.165) is 6.20 Å².